The average molecular weight is 601 g/mol. The van der Waals surface area contributed by atoms with E-state index in [0.29, 0.717) is 44.1 Å². The molecule has 1 atom stereocenters. The largest absolute Gasteiger partial charge is 0.377 e. The van der Waals surface area contributed by atoms with Crippen molar-refractivity contribution in [2.45, 2.75) is 58.7 Å². The number of hydrogen-bond acceptors (Lipinski definition) is 6. The molecule has 3 aromatic carbocycles. The minimum absolute atomic E-state index is 0.0238. The molecular weight excluding hydrogens is 564 g/mol. The van der Waals surface area contributed by atoms with E-state index in [1.54, 1.807) is 6.20 Å². The van der Waals surface area contributed by atoms with Gasteiger partial charge in [-0.05, 0) is 90.4 Å². The molecule has 2 aromatic heterocycles. The maximum atomic E-state index is 13.5. The molecule has 0 saturated heterocycles. The van der Waals surface area contributed by atoms with Crippen molar-refractivity contribution >= 4 is 28.5 Å². The Hall–Kier alpha value is -4.89. The van der Waals surface area contributed by atoms with Gasteiger partial charge in [0.05, 0.1) is 24.0 Å². The Labute approximate surface area is 262 Å². The summed E-state index contributed by atoms with van der Waals surface area (Å²) < 4.78 is 7.87. The molecule has 2 amide bonds. The van der Waals surface area contributed by atoms with Crippen LogP contribution in [0.3, 0.4) is 0 Å². The van der Waals surface area contributed by atoms with Crippen LogP contribution in [0.5, 0.6) is 0 Å². The van der Waals surface area contributed by atoms with Crippen molar-refractivity contribution in [1.82, 2.24) is 24.9 Å². The number of carbonyl (C=O) groups is 2. The highest BCUT2D eigenvalue weighted by atomic mass is 16.5. The van der Waals surface area contributed by atoms with Gasteiger partial charge in [0.1, 0.15) is 5.52 Å². The molecule has 0 fully saturated rings. The first-order chi connectivity index (χ1) is 21.9. The van der Waals surface area contributed by atoms with Crippen LogP contribution in [0.15, 0.2) is 72.9 Å². The number of nitrogens with zero attached hydrogens (tertiary/aromatic N) is 5. The van der Waals surface area contributed by atoms with Crippen LogP contribution in [0.1, 0.15) is 68.2 Å². The van der Waals surface area contributed by atoms with Gasteiger partial charge in [-0.3, -0.25) is 14.6 Å². The molecular formula is C36H36N6O3. The molecule has 10 rings (SSSR count). The van der Waals surface area contributed by atoms with Crippen LogP contribution in [-0.4, -0.2) is 49.8 Å². The number of pyridine rings is 1. The van der Waals surface area contributed by atoms with Gasteiger partial charge in [0, 0.05) is 49.8 Å². The minimum Gasteiger partial charge on any atom is -0.377 e. The number of carbonyl (C=O) groups excluding carboxylic acids is 2. The first-order valence-corrected chi connectivity index (χ1v) is 15.6. The number of aromatic nitrogens is 4. The van der Waals surface area contributed by atoms with Gasteiger partial charge in [-0.2, -0.15) is 0 Å². The number of nitrogens with one attached hydrogen (secondary N) is 1. The lowest BCUT2D eigenvalue weighted by Crippen LogP contribution is -2.36. The third-order valence-corrected chi connectivity index (χ3v) is 9.00. The standard InChI is InChI=1S/C36H36N6O3/c1-23-4-11-30(20-37-23)38-34(43)19-32-28-10-9-26-14-16-41(21-29(26)18-28)36(44)27-7-5-25(6-8-27)22-45-17-3-15-42-33-13-12-31(32)24(2)35(33)39-40-42/h4-13,18,20,32H,3,14-17,19,21-22H2,1-2H3,(H,38,43). The zero-order valence-corrected chi connectivity index (χ0v) is 25.6. The van der Waals surface area contributed by atoms with Crippen LogP contribution in [0, 0.1) is 13.8 Å². The van der Waals surface area contributed by atoms with Crippen LogP contribution in [-0.2, 0) is 35.6 Å². The molecule has 5 aliphatic rings. The average Bonchev–Trinajstić information content (AvgIpc) is 3.48. The quantitative estimate of drug-likeness (QED) is 0.284. The summed E-state index contributed by atoms with van der Waals surface area (Å²) in [6.45, 7) is 6.92. The minimum atomic E-state index is -0.232. The zero-order chi connectivity index (χ0) is 30.9. The Balaban J connectivity index is 1.28. The number of rotatable bonds is 3. The Morgan fingerprint density at radius 3 is 2.69 bits per heavy atom. The molecule has 5 aliphatic heterocycles. The molecule has 228 valence electrons. The van der Waals surface area contributed by atoms with Crippen molar-refractivity contribution in [2.24, 2.45) is 0 Å². The zero-order valence-electron chi connectivity index (χ0n) is 25.6. The van der Waals surface area contributed by atoms with Crippen molar-refractivity contribution in [3.05, 3.63) is 118 Å². The predicted octanol–water partition coefficient (Wildman–Crippen LogP) is 5.72. The first-order valence-electron chi connectivity index (χ1n) is 15.6. The summed E-state index contributed by atoms with van der Waals surface area (Å²) in [4.78, 5) is 33.3. The predicted molar refractivity (Wildman–Crippen MR) is 172 cm³/mol. The first kappa shape index (κ1) is 28.9. The highest BCUT2D eigenvalue weighted by molar-refractivity contribution is 5.94. The van der Waals surface area contributed by atoms with E-state index in [0.717, 1.165) is 57.4 Å². The summed E-state index contributed by atoms with van der Waals surface area (Å²) in [7, 11) is 0. The molecule has 0 aliphatic carbocycles. The molecule has 9 heteroatoms. The van der Waals surface area contributed by atoms with Gasteiger partial charge in [-0.25, -0.2) is 4.68 Å². The number of benzene rings is 3. The molecule has 0 spiro atoms. The highest BCUT2D eigenvalue weighted by Crippen LogP contribution is 2.35. The third-order valence-electron chi connectivity index (χ3n) is 9.00. The topological polar surface area (TPSA) is 102 Å². The lowest BCUT2D eigenvalue weighted by atomic mass is 9.83. The molecule has 7 heterocycles. The third kappa shape index (κ3) is 5.95. The van der Waals surface area contributed by atoms with E-state index in [1.807, 2.05) is 52.9 Å². The molecule has 45 heavy (non-hydrogen) atoms. The Kier molecular flexibility index (Phi) is 7.85. The molecule has 1 unspecified atom stereocenters. The smallest absolute Gasteiger partial charge is 0.254 e. The van der Waals surface area contributed by atoms with Crippen molar-refractivity contribution in [3.8, 4) is 0 Å². The van der Waals surface area contributed by atoms with Crippen molar-refractivity contribution < 1.29 is 14.3 Å². The van der Waals surface area contributed by atoms with E-state index in [1.165, 1.54) is 5.56 Å². The van der Waals surface area contributed by atoms with E-state index in [2.05, 4.69) is 57.9 Å². The summed E-state index contributed by atoms with van der Waals surface area (Å²) in [6.07, 6.45) is 3.49. The number of hydrogen-bond donors (Lipinski definition) is 1. The summed E-state index contributed by atoms with van der Waals surface area (Å²) in [6, 6.07) is 22.1. The van der Waals surface area contributed by atoms with E-state index >= 15 is 0 Å². The SMILES string of the molecule is Cc1ccc(NC(=O)CC2c3ccc4c(c3)CN(CC4)C(=O)c3ccc(cc3)COCCCn3nnc4c(C)c2ccc43)cn1. The van der Waals surface area contributed by atoms with Crippen molar-refractivity contribution in [3.63, 3.8) is 0 Å². The van der Waals surface area contributed by atoms with Crippen LogP contribution in [0.4, 0.5) is 5.69 Å². The summed E-state index contributed by atoms with van der Waals surface area (Å²) in [5.74, 6) is -0.308. The lowest BCUT2D eigenvalue weighted by molar-refractivity contribution is -0.116. The van der Waals surface area contributed by atoms with E-state index in [9.17, 15) is 9.59 Å². The van der Waals surface area contributed by atoms with E-state index in [4.69, 9.17) is 4.74 Å². The molecule has 1 N–H and O–H groups in total. The van der Waals surface area contributed by atoms with Gasteiger partial charge in [0.2, 0.25) is 5.91 Å². The summed E-state index contributed by atoms with van der Waals surface area (Å²) in [5.41, 5.74) is 10.5. The summed E-state index contributed by atoms with van der Waals surface area (Å²) >= 11 is 0. The molecule has 9 nitrogen and oxygen atoms in total. The highest BCUT2D eigenvalue weighted by Gasteiger charge is 2.26. The van der Waals surface area contributed by atoms with E-state index < -0.39 is 0 Å². The molecule has 5 aromatic rings. The number of anilines is 1. The Bertz CT molecular complexity index is 1880. The van der Waals surface area contributed by atoms with Crippen LogP contribution < -0.4 is 5.32 Å². The number of amides is 2. The monoisotopic (exact) mass is 600 g/mol. The van der Waals surface area contributed by atoms with Gasteiger partial charge in [-0.1, -0.05) is 41.6 Å². The molecule has 0 radical (unpaired) electrons. The second-order valence-corrected chi connectivity index (χ2v) is 12.1. The number of ether oxygens (including phenoxy) is 1. The van der Waals surface area contributed by atoms with Crippen molar-refractivity contribution in [2.75, 3.05) is 18.5 Å². The van der Waals surface area contributed by atoms with Gasteiger partial charge < -0.3 is 15.0 Å². The fourth-order valence-corrected chi connectivity index (χ4v) is 6.47. The fraction of sp³-hybridized carbons (Fsp3) is 0.306. The second kappa shape index (κ2) is 12.2. The normalized spacial score (nSPS) is 16.8. The second-order valence-electron chi connectivity index (χ2n) is 12.1. The molecule has 0 saturated carbocycles. The maximum absolute atomic E-state index is 13.5. The van der Waals surface area contributed by atoms with Gasteiger partial charge >= 0.3 is 0 Å². The van der Waals surface area contributed by atoms with E-state index in [-0.39, 0.29) is 24.2 Å². The summed E-state index contributed by atoms with van der Waals surface area (Å²) in [5, 5.41) is 12.1. The van der Waals surface area contributed by atoms with Crippen LogP contribution in [0.25, 0.3) is 11.0 Å². The lowest BCUT2D eigenvalue weighted by Gasteiger charge is -2.30. The van der Waals surface area contributed by atoms with Crippen LogP contribution >= 0.6 is 0 Å². The fourth-order valence-electron chi connectivity index (χ4n) is 6.47. The van der Waals surface area contributed by atoms with Gasteiger partial charge in [0.25, 0.3) is 5.91 Å². The van der Waals surface area contributed by atoms with Crippen molar-refractivity contribution in [1.29, 1.82) is 0 Å². The molecule has 9 bridgehead atoms. The van der Waals surface area contributed by atoms with Crippen LogP contribution in [0.2, 0.25) is 0 Å². The maximum Gasteiger partial charge on any atom is 0.254 e. The number of aryl methyl sites for hydroxylation is 3. The van der Waals surface area contributed by atoms with Gasteiger partial charge in [0.15, 0.2) is 0 Å². The Morgan fingerprint density at radius 2 is 1.87 bits per heavy atom. The Morgan fingerprint density at radius 1 is 1.00 bits per heavy atom. The van der Waals surface area contributed by atoms with Gasteiger partial charge in [-0.15, -0.1) is 5.10 Å².